The number of aliphatic hydroxyl groups is 1. The van der Waals surface area contributed by atoms with Gasteiger partial charge in [-0.25, -0.2) is 8.78 Å². The molecule has 0 fully saturated rings. The number of hydrogen-bond acceptors (Lipinski definition) is 2. The highest BCUT2D eigenvalue weighted by atomic mass is 79.9. The second-order valence-electron chi connectivity index (χ2n) is 8.50. The van der Waals surface area contributed by atoms with Crippen LogP contribution >= 0.6 is 55.1 Å². The SMILES string of the molecule is CC(C)(C)[Si](C)(C)OCCc1ccc(Cl)c(F)c1Br.OCCc1ccc(Cl)c(F)c1Br. The van der Waals surface area contributed by atoms with Crippen molar-refractivity contribution >= 4 is 63.4 Å². The van der Waals surface area contributed by atoms with Crippen LogP contribution in [0.1, 0.15) is 31.9 Å². The standard InChI is InChI=1S/C14H21BrClFOSi.C8H7BrClFO/c1-14(2,3)19(4,5)18-9-8-10-6-7-11(16)13(17)12(10)15;9-7-5(3-4-12)1-2-6(10)8(7)11/h6-7H,8-9H2,1-5H3;1-2,12H,3-4H2. The molecule has 0 aliphatic rings. The zero-order chi connectivity index (χ0) is 24.0. The predicted molar refractivity (Wildman–Crippen MR) is 136 cm³/mol. The van der Waals surface area contributed by atoms with Crippen LogP contribution in [-0.4, -0.2) is 26.6 Å². The van der Waals surface area contributed by atoms with Gasteiger partial charge in [0.25, 0.3) is 0 Å². The summed E-state index contributed by atoms with van der Waals surface area (Å²) in [5, 5.41) is 9.04. The lowest BCUT2D eigenvalue weighted by molar-refractivity contribution is 0.291. The lowest BCUT2D eigenvalue weighted by Crippen LogP contribution is -2.41. The first-order valence-electron chi connectivity index (χ1n) is 9.72. The van der Waals surface area contributed by atoms with E-state index in [2.05, 4.69) is 65.7 Å². The summed E-state index contributed by atoms with van der Waals surface area (Å²) in [6.07, 6.45) is 1.11. The zero-order valence-electron chi connectivity index (χ0n) is 18.3. The molecule has 1 N–H and O–H groups in total. The van der Waals surface area contributed by atoms with E-state index in [0.717, 1.165) is 11.1 Å². The van der Waals surface area contributed by atoms with Crippen LogP contribution in [0, 0.1) is 11.6 Å². The Balaban J connectivity index is 0.000000343. The van der Waals surface area contributed by atoms with Gasteiger partial charge in [-0.2, -0.15) is 0 Å². The van der Waals surface area contributed by atoms with Crippen molar-refractivity contribution in [3.8, 4) is 0 Å². The summed E-state index contributed by atoms with van der Waals surface area (Å²) in [6.45, 7) is 11.6. The molecule has 0 amide bonds. The predicted octanol–water partition coefficient (Wildman–Crippen LogP) is 8.58. The van der Waals surface area contributed by atoms with Gasteiger partial charge in [0.1, 0.15) is 0 Å². The lowest BCUT2D eigenvalue weighted by Gasteiger charge is -2.36. The highest BCUT2D eigenvalue weighted by molar-refractivity contribution is 9.10. The number of aliphatic hydroxyl groups excluding tert-OH is 1. The van der Waals surface area contributed by atoms with Crippen LogP contribution in [0.25, 0.3) is 0 Å². The molecule has 0 spiro atoms. The van der Waals surface area contributed by atoms with Gasteiger partial charge in [0.05, 0.1) is 19.0 Å². The van der Waals surface area contributed by atoms with Crippen LogP contribution < -0.4 is 0 Å². The smallest absolute Gasteiger partial charge is 0.191 e. The summed E-state index contributed by atoms with van der Waals surface area (Å²) in [5.74, 6) is -0.867. The molecule has 0 aliphatic carbocycles. The van der Waals surface area contributed by atoms with Gasteiger partial charge in [-0.3, -0.25) is 0 Å². The molecule has 9 heteroatoms. The lowest BCUT2D eigenvalue weighted by atomic mass is 10.1. The minimum Gasteiger partial charge on any atom is -0.416 e. The number of halogens is 6. The quantitative estimate of drug-likeness (QED) is 0.259. The van der Waals surface area contributed by atoms with Gasteiger partial charge in [0.15, 0.2) is 20.0 Å². The molecule has 0 radical (unpaired) electrons. The average Bonchev–Trinajstić information content (AvgIpc) is 2.68. The van der Waals surface area contributed by atoms with Crippen molar-refractivity contribution in [2.75, 3.05) is 13.2 Å². The molecule has 0 aliphatic heterocycles. The summed E-state index contributed by atoms with van der Waals surface area (Å²) in [4.78, 5) is 0. The minimum atomic E-state index is -1.74. The normalized spacial score (nSPS) is 11.9. The fourth-order valence-electron chi connectivity index (χ4n) is 2.27. The van der Waals surface area contributed by atoms with Crippen LogP contribution in [0.4, 0.5) is 8.78 Å². The third-order valence-corrected chi connectivity index (χ3v) is 12.1. The van der Waals surface area contributed by atoms with Gasteiger partial charge in [-0.15, -0.1) is 0 Å². The number of hydrogen-bond donors (Lipinski definition) is 1. The van der Waals surface area contributed by atoms with Crippen LogP contribution in [0.2, 0.25) is 28.2 Å². The van der Waals surface area contributed by atoms with E-state index in [1.807, 2.05) is 6.07 Å². The van der Waals surface area contributed by atoms with Gasteiger partial charge >= 0.3 is 0 Å². The molecule has 2 aromatic rings. The molecule has 0 atom stereocenters. The van der Waals surface area contributed by atoms with E-state index in [9.17, 15) is 8.78 Å². The van der Waals surface area contributed by atoms with E-state index < -0.39 is 20.0 Å². The fraction of sp³-hybridized carbons (Fsp3) is 0.455. The van der Waals surface area contributed by atoms with Crippen molar-refractivity contribution in [1.29, 1.82) is 0 Å². The Morgan fingerprint density at radius 2 is 1.32 bits per heavy atom. The van der Waals surface area contributed by atoms with Gasteiger partial charge in [0.2, 0.25) is 0 Å². The highest BCUT2D eigenvalue weighted by Gasteiger charge is 2.36. The molecule has 0 saturated carbocycles. The Bertz CT molecular complexity index is 891. The molecule has 0 aromatic heterocycles. The van der Waals surface area contributed by atoms with Crippen molar-refractivity contribution in [2.45, 2.75) is 51.7 Å². The maximum Gasteiger partial charge on any atom is 0.191 e. The molecule has 0 unspecified atom stereocenters. The number of benzene rings is 2. The van der Waals surface area contributed by atoms with E-state index in [1.54, 1.807) is 12.1 Å². The van der Waals surface area contributed by atoms with E-state index in [1.165, 1.54) is 6.07 Å². The molecule has 2 nitrogen and oxygen atoms in total. The van der Waals surface area contributed by atoms with E-state index >= 15 is 0 Å². The molecule has 0 heterocycles. The summed E-state index contributed by atoms with van der Waals surface area (Å²) < 4.78 is 33.6. The summed E-state index contributed by atoms with van der Waals surface area (Å²) in [6, 6.07) is 6.59. The number of rotatable bonds is 6. The molecule has 0 bridgehead atoms. The Labute approximate surface area is 211 Å². The van der Waals surface area contributed by atoms with Gasteiger partial charge < -0.3 is 9.53 Å². The molecular formula is C22H28Br2Cl2F2O2Si. The average molecular weight is 621 g/mol. The van der Waals surface area contributed by atoms with Gasteiger partial charge in [0, 0.05) is 13.2 Å². The van der Waals surface area contributed by atoms with Crippen LogP contribution in [0.15, 0.2) is 33.2 Å². The van der Waals surface area contributed by atoms with Crippen molar-refractivity contribution < 1.29 is 18.3 Å². The van der Waals surface area contributed by atoms with Crippen LogP contribution in [0.5, 0.6) is 0 Å². The zero-order valence-corrected chi connectivity index (χ0v) is 23.9. The monoisotopic (exact) mass is 618 g/mol. The third kappa shape index (κ3) is 8.36. The second kappa shape index (κ2) is 12.4. The third-order valence-electron chi connectivity index (χ3n) is 5.25. The van der Waals surface area contributed by atoms with E-state index in [0.29, 0.717) is 28.4 Å². The maximum absolute atomic E-state index is 13.6. The van der Waals surface area contributed by atoms with Crippen LogP contribution in [0.3, 0.4) is 0 Å². The first kappa shape index (κ1) is 29.0. The van der Waals surface area contributed by atoms with Crippen molar-refractivity contribution in [3.05, 3.63) is 66.0 Å². The summed E-state index contributed by atoms with van der Waals surface area (Å²) in [5.41, 5.74) is 1.61. The first-order valence-corrected chi connectivity index (χ1v) is 15.0. The summed E-state index contributed by atoms with van der Waals surface area (Å²) >= 11 is 17.6. The van der Waals surface area contributed by atoms with Crippen LogP contribution in [-0.2, 0) is 17.3 Å². The first-order chi connectivity index (χ1) is 14.2. The highest BCUT2D eigenvalue weighted by Crippen LogP contribution is 2.37. The fourth-order valence-corrected chi connectivity index (χ4v) is 4.95. The second-order valence-corrected chi connectivity index (χ2v) is 15.7. The van der Waals surface area contributed by atoms with Crippen molar-refractivity contribution in [1.82, 2.24) is 0 Å². The van der Waals surface area contributed by atoms with E-state index in [4.69, 9.17) is 32.7 Å². The maximum atomic E-state index is 13.6. The van der Waals surface area contributed by atoms with Gasteiger partial charge in [-0.1, -0.05) is 56.1 Å². The van der Waals surface area contributed by atoms with Gasteiger partial charge in [-0.05, 0) is 86.1 Å². The topological polar surface area (TPSA) is 29.5 Å². The summed E-state index contributed by atoms with van der Waals surface area (Å²) in [7, 11) is -1.74. The van der Waals surface area contributed by atoms with E-state index in [-0.39, 0.29) is 21.7 Å². The Morgan fingerprint density at radius 1 is 0.903 bits per heavy atom. The molecular weight excluding hydrogens is 593 g/mol. The van der Waals surface area contributed by atoms with Crippen molar-refractivity contribution in [2.24, 2.45) is 0 Å². The Hall–Kier alpha value is -0.0231. The molecule has 2 rings (SSSR count). The largest absolute Gasteiger partial charge is 0.416 e. The molecule has 31 heavy (non-hydrogen) atoms. The minimum absolute atomic E-state index is 0.000325. The Morgan fingerprint density at radius 3 is 1.71 bits per heavy atom. The molecule has 2 aromatic carbocycles. The molecule has 0 saturated heterocycles. The Kier molecular flexibility index (Phi) is 11.6. The van der Waals surface area contributed by atoms with Crippen molar-refractivity contribution in [3.63, 3.8) is 0 Å². The molecule has 174 valence electrons.